The number of nitrogens with one attached hydrogen (secondary N) is 1. The van der Waals surface area contributed by atoms with Gasteiger partial charge in [-0.25, -0.2) is 4.68 Å². The molecule has 1 N–H and O–H groups in total. The van der Waals surface area contributed by atoms with Crippen LogP contribution in [-0.4, -0.2) is 16.0 Å². The normalized spacial score (nSPS) is 22.9. The molecule has 0 radical (unpaired) electrons. The van der Waals surface area contributed by atoms with Gasteiger partial charge in [-0.3, -0.25) is 0 Å². The van der Waals surface area contributed by atoms with Crippen LogP contribution in [0.5, 0.6) is 0 Å². The minimum atomic E-state index is -4.28. The van der Waals surface area contributed by atoms with E-state index in [1.165, 1.54) is 17.5 Å². The first-order valence-electron chi connectivity index (χ1n) is 5.88. The second-order valence-electron chi connectivity index (χ2n) is 4.60. The Kier molecular flexibility index (Phi) is 2.81. The van der Waals surface area contributed by atoms with E-state index in [4.69, 9.17) is 0 Å². The van der Waals surface area contributed by atoms with Crippen LogP contribution in [0.1, 0.15) is 28.3 Å². The summed E-state index contributed by atoms with van der Waals surface area (Å²) >= 11 is 1.52. The lowest BCUT2D eigenvalue weighted by Gasteiger charge is -2.32. The van der Waals surface area contributed by atoms with Crippen LogP contribution in [0.4, 0.5) is 19.0 Å². The lowest BCUT2D eigenvalue weighted by Crippen LogP contribution is -2.35. The Hall–Kier alpha value is -1.50. The summed E-state index contributed by atoms with van der Waals surface area (Å²) in [5.74, 6) is 0.421. The van der Waals surface area contributed by atoms with Crippen molar-refractivity contribution in [1.29, 1.82) is 0 Å². The Morgan fingerprint density at radius 1 is 1.37 bits per heavy atom. The molecule has 0 aromatic carbocycles. The van der Waals surface area contributed by atoms with Gasteiger partial charge in [-0.15, -0.1) is 11.3 Å². The molecule has 3 heterocycles. The van der Waals surface area contributed by atoms with E-state index in [-0.39, 0.29) is 12.5 Å². The van der Waals surface area contributed by atoms with Crippen molar-refractivity contribution in [2.45, 2.75) is 31.6 Å². The highest BCUT2D eigenvalue weighted by Gasteiger charge is 2.46. The fraction of sp³-hybridized carbons (Fsp3) is 0.417. The molecule has 2 aromatic rings. The summed E-state index contributed by atoms with van der Waals surface area (Å²) in [5.41, 5.74) is 0. The van der Waals surface area contributed by atoms with Crippen molar-refractivity contribution in [3.8, 4) is 0 Å². The van der Waals surface area contributed by atoms with Crippen molar-refractivity contribution < 1.29 is 13.2 Å². The number of thiophene rings is 1. The van der Waals surface area contributed by atoms with Crippen LogP contribution < -0.4 is 5.32 Å². The van der Waals surface area contributed by atoms with E-state index < -0.39 is 12.2 Å². The average Bonchev–Trinajstić information content (AvgIpc) is 2.94. The monoisotopic (exact) mass is 287 g/mol. The molecule has 0 bridgehead atoms. The molecule has 7 heteroatoms. The maximum absolute atomic E-state index is 13.1. The zero-order valence-electron chi connectivity index (χ0n) is 10.1. The number of halogens is 3. The smallest absolute Gasteiger partial charge is 0.363 e. The molecule has 3 nitrogen and oxygen atoms in total. The fourth-order valence-corrected chi connectivity index (χ4v) is 3.28. The van der Waals surface area contributed by atoms with Crippen LogP contribution >= 0.6 is 11.3 Å². The maximum atomic E-state index is 13.1. The second kappa shape index (κ2) is 4.26. The van der Waals surface area contributed by atoms with Crippen LogP contribution in [0.15, 0.2) is 24.4 Å². The van der Waals surface area contributed by atoms with Gasteiger partial charge in [0.2, 0.25) is 0 Å². The maximum Gasteiger partial charge on any atom is 0.410 e. The molecule has 0 saturated carbocycles. The van der Waals surface area contributed by atoms with Gasteiger partial charge in [-0.1, -0.05) is 0 Å². The van der Waals surface area contributed by atoms with Crippen LogP contribution in [0.25, 0.3) is 0 Å². The molecule has 0 saturated heterocycles. The highest BCUT2D eigenvalue weighted by molar-refractivity contribution is 7.12. The fourth-order valence-electron chi connectivity index (χ4n) is 2.34. The molecular weight excluding hydrogens is 275 g/mol. The van der Waals surface area contributed by atoms with Gasteiger partial charge in [0.1, 0.15) is 5.82 Å². The number of alkyl halides is 3. The molecule has 0 unspecified atom stereocenters. The quantitative estimate of drug-likeness (QED) is 0.861. The minimum Gasteiger partial charge on any atom is -0.363 e. The van der Waals surface area contributed by atoms with Crippen molar-refractivity contribution in [3.63, 3.8) is 0 Å². The highest BCUT2D eigenvalue weighted by Crippen LogP contribution is 2.44. The molecule has 2 atom stereocenters. The summed E-state index contributed by atoms with van der Waals surface area (Å²) in [6, 6.07) is 3.51. The van der Waals surface area contributed by atoms with E-state index in [2.05, 4.69) is 10.4 Å². The summed E-state index contributed by atoms with van der Waals surface area (Å²) in [7, 11) is 0. The Bertz CT molecular complexity index is 587. The zero-order chi connectivity index (χ0) is 13.6. The van der Waals surface area contributed by atoms with Gasteiger partial charge in [0, 0.05) is 22.2 Å². The summed E-state index contributed by atoms with van der Waals surface area (Å²) in [6.07, 6.45) is -2.92. The Balaban J connectivity index is 1.96. The van der Waals surface area contributed by atoms with Gasteiger partial charge in [-0.2, -0.15) is 18.3 Å². The molecule has 1 aliphatic rings. The first kappa shape index (κ1) is 12.5. The van der Waals surface area contributed by atoms with Crippen LogP contribution in [0.3, 0.4) is 0 Å². The first-order chi connectivity index (χ1) is 8.95. The van der Waals surface area contributed by atoms with E-state index in [1.807, 2.05) is 19.1 Å². The Morgan fingerprint density at radius 3 is 2.79 bits per heavy atom. The SMILES string of the molecule is Cc1ccc([C@@H]2C[C@@H](C(F)(F)F)n3nccc3N2)s1. The third-order valence-corrected chi connectivity index (χ3v) is 4.34. The molecule has 0 spiro atoms. The number of nitrogens with zero attached hydrogens (tertiary/aromatic N) is 2. The topological polar surface area (TPSA) is 29.9 Å². The highest BCUT2D eigenvalue weighted by atomic mass is 32.1. The van der Waals surface area contributed by atoms with E-state index in [0.717, 1.165) is 14.4 Å². The molecule has 102 valence electrons. The van der Waals surface area contributed by atoms with Crippen LogP contribution in [0, 0.1) is 6.92 Å². The van der Waals surface area contributed by atoms with Crippen molar-refractivity contribution in [1.82, 2.24) is 9.78 Å². The Labute approximate surface area is 112 Å². The number of fused-ring (bicyclic) bond motifs is 1. The molecular formula is C12H12F3N3S. The second-order valence-corrected chi connectivity index (χ2v) is 5.92. The number of anilines is 1. The van der Waals surface area contributed by atoms with Gasteiger partial charge < -0.3 is 5.32 Å². The van der Waals surface area contributed by atoms with Crippen molar-refractivity contribution >= 4 is 17.2 Å². The van der Waals surface area contributed by atoms with E-state index >= 15 is 0 Å². The summed E-state index contributed by atoms with van der Waals surface area (Å²) < 4.78 is 40.3. The van der Waals surface area contributed by atoms with Crippen molar-refractivity contribution in [2.24, 2.45) is 0 Å². The number of aromatic nitrogens is 2. The molecule has 1 aliphatic heterocycles. The lowest BCUT2D eigenvalue weighted by molar-refractivity contribution is -0.173. The molecule has 0 fully saturated rings. The van der Waals surface area contributed by atoms with Crippen molar-refractivity contribution in [2.75, 3.05) is 5.32 Å². The van der Waals surface area contributed by atoms with E-state index in [0.29, 0.717) is 5.82 Å². The Morgan fingerprint density at radius 2 is 2.16 bits per heavy atom. The largest absolute Gasteiger partial charge is 0.410 e. The zero-order valence-corrected chi connectivity index (χ0v) is 10.9. The number of hydrogen-bond donors (Lipinski definition) is 1. The van der Waals surface area contributed by atoms with Crippen LogP contribution in [0.2, 0.25) is 0 Å². The van der Waals surface area contributed by atoms with Gasteiger partial charge in [0.25, 0.3) is 0 Å². The summed E-state index contributed by atoms with van der Waals surface area (Å²) in [5, 5.41) is 6.90. The third-order valence-electron chi connectivity index (χ3n) is 3.23. The number of aryl methyl sites for hydroxylation is 1. The minimum absolute atomic E-state index is 0.0296. The van der Waals surface area contributed by atoms with Crippen molar-refractivity contribution in [3.05, 3.63) is 34.2 Å². The van der Waals surface area contributed by atoms with Crippen LogP contribution in [-0.2, 0) is 0 Å². The average molecular weight is 287 g/mol. The van der Waals surface area contributed by atoms with E-state index in [1.54, 1.807) is 6.07 Å². The summed E-state index contributed by atoms with van der Waals surface area (Å²) in [4.78, 5) is 2.03. The molecule has 0 aliphatic carbocycles. The van der Waals surface area contributed by atoms with E-state index in [9.17, 15) is 13.2 Å². The standard InChI is InChI=1S/C12H12F3N3S/c1-7-2-3-9(19-7)8-6-10(12(13,14)15)18-11(17-8)4-5-16-18/h2-5,8,10,17H,6H2,1H3/t8-,10-/m0/s1. The molecule has 2 aromatic heterocycles. The van der Waals surface area contributed by atoms with Gasteiger partial charge in [0.05, 0.1) is 12.2 Å². The molecule has 19 heavy (non-hydrogen) atoms. The molecule has 3 rings (SSSR count). The van der Waals surface area contributed by atoms with Gasteiger partial charge in [-0.05, 0) is 19.1 Å². The predicted molar refractivity (Wildman–Crippen MR) is 67.4 cm³/mol. The number of hydrogen-bond acceptors (Lipinski definition) is 3. The van der Waals surface area contributed by atoms with Gasteiger partial charge >= 0.3 is 6.18 Å². The number of rotatable bonds is 1. The van der Waals surface area contributed by atoms with Gasteiger partial charge in [0.15, 0.2) is 6.04 Å². The summed E-state index contributed by atoms with van der Waals surface area (Å²) in [6.45, 7) is 1.95. The first-order valence-corrected chi connectivity index (χ1v) is 6.70. The predicted octanol–water partition coefficient (Wildman–Crippen LogP) is 3.91. The lowest BCUT2D eigenvalue weighted by atomic mass is 10.0. The molecule has 0 amide bonds. The third kappa shape index (κ3) is 2.22.